The van der Waals surface area contributed by atoms with Crippen molar-refractivity contribution in [2.75, 3.05) is 18.3 Å². The van der Waals surface area contributed by atoms with Gasteiger partial charge in [0.15, 0.2) is 0 Å². The minimum absolute atomic E-state index is 0.0933. The van der Waals surface area contributed by atoms with E-state index in [2.05, 4.69) is 5.32 Å². The lowest BCUT2D eigenvalue weighted by Crippen LogP contribution is -2.35. The van der Waals surface area contributed by atoms with E-state index in [9.17, 15) is 14.0 Å². The van der Waals surface area contributed by atoms with Crippen molar-refractivity contribution in [3.05, 3.63) is 24.0 Å². The summed E-state index contributed by atoms with van der Waals surface area (Å²) in [6.45, 7) is 0. The first-order valence-corrected chi connectivity index (χ1v) is 5.10. The van der Waals surface area contributed by atoms with Crippen molar-refractivity contribution in [2.24, 2.45) is 0 Å². The molecule has 0 bridgehead atoms. The lowest BCUT2D eigenvalue weighted by atomic mass is 10.3. The van der Waals surface area contributed by atoms with Crippen LogP contribution in [0.4, 0.5) is 14.9 Å². The van der Waals surface area contributed by atoms with Crippen LogP contribution < -0.4 is 15.4 Å². The second-order valence-corrected chi connectivity index (χ2v) is 3.25. The van der Waals surface area contributed by atoms with Gasteiger partial charge in [0, 0.05) is 6.07 Å². The van der Waals surface area contributed by atoms with Crippen molar-refractivity contribution in [3.8, 4) is 5.75 Å². The molecule has 0 spiro atoms. The van der Waals surface area contributed by atoms with Crippen molar-refractivity contribution < 1.29 is 18.7 Å². The SMILES string of the molecule is COc1ccc(F)c(NC(=O)NC(=O)CCl)c1. The van der Waals surface area contributed by atoms with E-state index in [1.54, 1.807) is 0 Å². The summed E-state index contributed by atoms with van der Waals surface area (Å²) in [7, 11) is 1.41. The molecule has 0 radical (unpaired) electrons. The number of methoxy groups -OCH3 is 1. The standard InChI is InChI=1S/C10H10ClFN2O3/c1-17-6-2-3-7(12)8(4-6)13-10(16)14-9(15)5-11/h2-4H,5H2,1H3,(H2,13,14,15,16). The topological polar surface area (TPSA) is 67.4 Å². The second-order valence-electron chi connectivity index (χ2n) is 2.98. The molecule has 1 aromatic carbocycles. The summed E-state index contributed by atoms with van der Waals surface area (Å²) in [5.41, 5.74) is -0.0933. The number of rotatable bonds is 3. The molecule has 1 aromatic rings. The normalized spacial score (nSPS) is 9.59. The fourth-order valence-electron chi connectivity index (χ4n) is 1.04. The molecule has 0 unspecified atom stereocenters. The third-order valence-electron chi connectivity index (χ3n) is 1.80. The number of imide groups is 1. The molecule has 0 aromatic heterocycles. The molecule has 0 saturated heterocycles. The Labute approximate surface area is 102 Å². The highest BCUT2D eigenvalue weighted by atomic mass is 35.5. The van der Waals surface area contributed by atoms with E-state index in [-0.39, 0.29) is 11.6 Å². The number of hydrogen-bond acceptors (Lipinski definition) is 3. The molecular weight excluding hydrogens is 251 g/mol. The van der Waals surface area contributed by atoms with Gasteiger partial charge >= 0.3 is 6.03 Å². The van der Waals surface area contributed by atoms with Crippen LogP contribution in [0.1, 0.15) is 0 Å². The second kappa shape index (κ2) is 6.05. The quantitative estimate of drug-likeness (QED) is 0.813. The van der Waals surface area contributed by atoms with Crippen molar-refractivity contribution in [3.63, 3.8) is 0 Å². The van der Waals surface area contributed by atoms with Gasteiger partial charge < -0.3 is 10.1 Å². The number of carbonyl (C=O) groups excluding carboxylic acids is 2. The molecule has 0 aliphatic rings. The first-order valence-electron chi connectivity index (χ1n) is 4.57. The molecule has 0 saturated carbocycles. The third kappa shape index (κ3) is 3.92. The predicted molar refractivity (Wildman–Crippen MR) is 60.8 cm³/mol. The van der Waals surface area contributed by atoms with Gasteiger partial charge in [0.1, 0.15) is 17.4 Å². The molecule has 17 heavy (non-hydrogen) atoms. The molecule has 0 fully saturated rings. The van der Waals surface area contributed by atoms with Crippen LogP contribution in [0.5, 0.6) is 5.75 Å². The summed E-state index contributed by atoms with van der Waals surface area (Å²) in [4.78, 5) is 22.0. The van der Waals surface area contributed by atoms with Gasteiger partial charge in [-0.15, -0.1) is 11.6 Å². The number of hydrogen-bond donors (Lipinski definition) is 2. The van der Waals surface area contributed by atoms with E-state index in [4.69, 9.17) is 16.3 Å². The summed E-state index contributed by atoms with van der Waals surface area (Å²) >= 11 is 5.19. The first kappa shape index (κ1) is 13.2. The van der Waals surface area contributed by atoms with E-state index < -0.39 is 17.8 Å². The number of benzene rings is 1. The fraction of sp³-hybridized carbons (Fsp3) is 0.200. The largest absolute Gasteiger partial charge is 0.497 e. The number of alkyl halides is 1. The maximum Gasteiger partial charge on any atom is 0.325 e. The molecule has 3 amide bonds. The number of anilines is 1. The maximum atomic E-state index is 13.3. The first-order chi connectivity index (χ1) is 8.06. The Bertz CT molecular complexity index is 440. The number of amides is 3. The van der Waals surface area contributed by atoms with E-state index >= 15 is 0 Å². The van der Waals surface area contributed by atoms with E-state index in [1.807, 2.05) is 5.32 Å². The van der Waals surface area contributed by atoms with Gasteiger partial charge in [-0.25, -0.2) is 9.18 Å². The van der Waals surface area contributed by atoms with Gasteiger partial charge in [0.2, 0.25) is 5.91 Å². The van der Waals surface area contributed by atoms with Gasteiger partial charge in [0.25, 0.3) is 0 Å². The van der Waals surface area contributed by atoms with Crippen molar-refractivity contribution in [2.45, 2.75) is 0 Å². The third-order valence-corrected chi connectivity index (χ3v) is 2.04. The smallest absolute Gasteiger partial charge is 0.325 e. The Kier molecular flexibility index (Phi) is 4.71. The van der Waals surface area contributed by atoms with Crippen LogP contribution >= 0.6 is 11.6 Å². The summed E-state index contributed by atoms with van der Waals surface area (Å²) < 4.78 is 18.1. The number of nitrogens with one attached hydrogen (secondary N) is 2. The molecule has 0 atom stereocenters. The Morgan fingerprint density at radius 2 is 2.18 bits per heavy atom. The monoisotopic (exact) mass is 260 g/mol. The van der Waals surface area contributed by atoms with Crippen LogP contribution in [0.3, 0.4) is 0 Å². The van der Waals surface area contributed by atoms with Gasteiger partial charge in [-0.1, -0.05) is 0 Å². The number of urea groups is 1. The molecule has 0 aliphatic heterocycles. The van der Waals surface area contributed by atoms with Crippen LogP contribution in [0.15, 0.2) is 18.2 Å². The van der Waals surface area contributed by atoms with Crippen LogP contribution in [0.25, 0.3) is 0 Å². The van der Waals surface area contributed by atoms with Gasteiger partial charge in [0.05, 0.1) is 12.8 Å². The highest BCUT2D eigenvalue weighted by Crippen LogP contribution is 2.20. The minimum Gasteiger partial charge on any atom is -0.497 e. The minimum atomic E-state index is -0.859. The maximum absolute atomic E-state index is 13.3. The van der Waals surface area contributed by atoms with Crippen LogP contribution in [0, 0.1) is 5.82 Å². The number of carbonyl (C=O) groups is 2. The van der Waals surface area contributed by atoms with Gasteiger partial charge in [-0.05, 0) is 12.1 Å². The average Bonchev–Trinajstić information content (AvgIpc) is 2.31. The van der Waals surface area contributed by atoms with E-state index in [0.29, 0.717) is 5.75 Å². The molecule has 92 valence electrons. The van der Waals surface area contributed by atoms with Crippen LogP contribution in [-0.4, -0.2) is 24.9 Å². The Morgan fingerprint density at radius 1 is 1.47 bits per heavy atom. The lowest BCUT2D eigenvalue weighted by molar-refractivity contribution is -0.117. The Balaban J connectivity index is 2.73. The molecule has 1 rings (SSSR count). The molecule has 7 heteroatoms. The van der Waals surface area contributed by atoms with Crippen LogP contribution in [0.2, 0.25) is 0 Å². The van der Waals surface area contributed by atoms with Crippen molar-refractivity contribution in [1.82, 2.24) is 5.32 Å². The molecular formula is C10H10ClFN2O3. The van der Waals surface area contributed by atoms with Crippen molar-refractivity contribution >= 4 is 29.2 Å². The highest BCUT2D eigenvalue weighted by molar-refractivity contribution is 6.28. The number of halogens is 2. The fourth-order valence-corrected chi connectivity index (χ4v) is 1.11. The molecule has 2 N–H and O–H groups in total. The zero-order valence-electron chi connectivity index (χ0n) is 8.92. The summed E-state index contributed by atoms with van der Waals surface area (Å²) in [6.07, 6.45) is 0. The van der Waals surface area contributed by atoms with Gasteiger partial charge in [-0.2, -0.15) is 0 Å². The average molecular weight is 261 g/mol. The zero-order chi connectivity index (χ0) is 12.8. The molecule has 0 heterocycles. The molecule has 0 aliphatic carbocycles. The molecule has 5 nitrogen and oxygen atoms in total. The van der Waals surface area contributed by atoms with Crippen LogP contribution in [-0.2, 0) is 4.79 Å². The van der Waals surface area contributed by atoms with E-state index in [1.165, 1.54) is 19.2 Å². The zero-order valence-corrected chi connectivity index (χ0v) is 9.68. The van der Waals surface area contributed by atoms with Crippen molar-refractivity contribution in [1.29, 1.82) is 0 Å². The summed E-state index contributed by atoms with van der Waals surface area (Å²) in [5.74, 6) is -1.29. The van der Waals surface area contributed by atoms with E-state index in [0.717, 1.165) is 6.07 Å². The summed E-state index contributed by atoms with van der Waals surface area (Å²) in [5, 5.41) is 4.08. The number of ether oxygens (including phenoxy) is 1. The highest BCUT2D eigenvalue weighted by Gasteiger charge is 2.10. The Hall–Kier alpha value is -1.82. The summed E-state index contributed by atoms with van der Waals surface area (Å²) in [6, 6.07) is 2.98. The van der Waals surface area contributed by atoms with Gasteiger partial charge in [-0.3, -0.25) is 10.1 Å². The Morgan fingerprint density at radius 3 is 2.76 bits per heavy atom. The lowest BCUT2D eigenvalue weighted by Gasteiger charge is -2.08. The predicted octanol–water partition coefficient (Wildman–Crippen LogP) is 1.72.